The molecule has 0 saturated carbocycles. The molecule has 1 N–H and O–H groups in total. The summed E-state index contributed by atoms with van der Waals surface area (Å²) in [5.41, 5.74) is 0.835. The van der Waals surface area contributed by atoms with Gasteiger partial charge < -0.3 is 10.1 Å². The van der Waals surface area contributed by atoms with Gasteiger partial charge in [-0.25, -0.2) is 0 Å². The van der Waals surface area contributed by atoms with Crippen LogP contribution in [-0.4, -0.2) is 12.0 Å². The van der Waals surface area contributed by atoms with Crippen molar-refractivity contribution in [3.05, 3.63) is 50.3 Å². The lowest BCUT2D eigenvalue weighted by Gasteiger charge is -2.07. The minimum absolute atomic E-state index is 0.143. The normalized spacial score (nSPS) is 10.2. The smallest absolute Gasteiger partial charge is 0.324 e. The maximum Gasteiger partial charge on any atom is 0.324 e. The highest BCUT2D eigenvalue weighted by Gasteiger charge is 2.09. The summed E-state index contributed by atoms with van der Waals surface area (Å²) in [4.78, 5) is 11.1. The number of hydrogen-bond acceptors (Lipinski definition) is 5. The van der Waals surface area contributed by atoms with Crippen LogP contribution in [0.25, 0.3) is 0 Å². The summed E-state index contributed by atoms with van der Waals surface area (Å²) in [6, 6.07) is 8.60. The molecule has 0 unspecified atom stereocenters. The number of nitrogens with one attached hydrogen (secondary N) is 1. The first-order valence-electron chi connectivity index (χ1n) is 5.40. The number of rotatable bonds is 5. The van der Waals surface area contributed by atoms with Crippen molar-refractivity contribution < 1.29 is 9.66 Å². The first-order chi connectivity index (χ1) is 9.10. The van der Waals surface area contributed by atoms with Gasteiger partial charge in [0.1, 0.15) is 5.75 Å². The van der Waals surface area contributed by atoms with E-state index in [1.54, 1.807) is 25.3 Å². The lowest BCUT2D eigenvalue weighted by Crippen LogP contribution is -1.97. The fourth-order valence-electron chi connectivity index (χ4n) is 1.53. The summed E-state index contributed by atoms with van der Waals surface area (Å²) in [7, 11) is 1.55. The van der Waals surface area contributed by atoms with Gasteiger partial charge in [0.2, 0.25) is 0 Å². The average Bonchev–Trinajstić information content (AvgIpc) is 2.85. The molecule has 19 heavy (non-hydrogen) atoms. The van der Waals surface area contributed by atoms with Crippen LogP contribution in [0.1, 0.15) is 4.88 Å². The summed E-state index contributed by atoms with van der Waals surface area (Å²) < 4.78 is 5.06. The van der Waals surface area contributed by atoms with Gasteiger partial charge in [0, 0.05) is 23.2 Å². The van der Waals surface area contributed by atoms with E-state index >= 15 is 0 Å². The third-order valence-corrected chi connectivity index (χ3v) is 3.78. The van der Waals surface area contributed by atoms with E-state index < -0.39 is 4.92 Å². The van der Waals surface area contributed by atoms with Gasteiger partial charge in [-0.1, -0.05) is 22.9 Å². The Labute approximate surface area is 118 Å². The molecule has 1 aromatic carbocycles. The molecular weight excluding hydrogens is 288 g/mol. The molecule has 0 radical (unpaired) electrons. The van der Waals surface area contributed by atoms with Crippen molar-refractivity contribution in [1.82, 2.24) is 0 Å². The van der Waals surface area contributed by atoms with Crippen LogP contribution in [0, 0.1) is 10.1 Å². The Morgan fingerprint density at radius 2 is 2.21 bits per heavy atom. The van der Waals surface area contributed by atoms with Crippen molar-refractivity contribution in [3.63, 3.8) is 0 Å². The van der Waals surface area contributed by atoms with Crippen molar-refractivity contribution in [1.29, 1.82) is 0 Å². The van der Waals surface area contributed by atoms with Gasteiger partial charge in [0.25, 0.3) is 0 Å². The van der Waals surface area contributed by atoms with Crippen molar-refractivity contribution >= 4 is 33.6 Å². The van der Waals surface area contributed by atoms with Crippen LogP contribution < -0.4 is 10.1 Å². The molecule has 2 rings (SSSR count). The van der Waals surface area contributed by atoms with E-state index in [-0.39, 0.29) is 5.00 Å². The lowest BCUT2D eigenvalue weighted by atomic mass is 10.3. The fourth-order valence-corrected chi connectivity index (χ4v) is 2.54. The molecule has 0 saturated heterocycles. The van der Waals surface area contributed by atoms with Crippen molar-refractivity contribution in [2.24, 2.45) is 0 Å². The minimum atomic E-state index is -0.390. The Morgan fingerprint density at radius 3 is 2.79 bits per heavy atom. The molecule has 0 aliphatic carbocycles. The van der Waals surface area contributed by atoms with E-state index in [1.807, 2.05) is 6.07 Å². The van der Waals surface area contributed by atoms with Gasteiger partial charge in [0.15, 0.2) is 0 Å². The van der Waals surface area contributed by atoms with E-state index in [9.17, 15) is 10.1 Å². The molecule has 0 bridgehead atoms. The Kier molecular flexibility index (Phi) is 4.24. The van der Waals surface area contributed by atoms with E-state index in [1.165, 1.54) is 6.07 Å². The summed E-state index contributed by atoms with van der Waals surface area (Å²) >= 11 is 7.16. The van der Waals surface area contributed by atoms with Crippen LogP contribution in [0.2, 0.25) is 5.02 Å². The summed E-state index contributed by atoms with van der Waals surface area (Å²) in [5.74, 6) is 0.610. The first kappa shape index (κ1) is 13.6. The second-order valence-corrected chi connectivity index (χ2v) is 5.25. The van der Waals surface area contributed by atoms with Gasteiger partial charge in [-0.05, 0) is 24.3 Å². The zero-order valence-electron chi connectivity index (χ0n) is 10.1. The molecule has 0 aliphatic heterocycles. The maximum absolute atomic E-state index is 10.6. The number of thiophene rings is 1. The third-order valence-electron chi connectivity index (χ3n) is 2.45. The van der Waals surface area contributed by atoms with E-state index in [0.29, 0.717) is 17.3 Å². The summed E-state index contributed by atoms with van der Waals surface area (Å²) in [6.45, 7) is 0.515. The average molecular weight is 299 g/mol. The fraction of sp³-hybridized carbons (Fsp3) is 0.167. The quantitative estimate of drug-likeness (QED) is 0.671. The predicted molar refractivity (Wildman–Crippen MR) is 76.3 cm³/mol. The number of halogens is 1. The van der Waals surface area contributed by atoms with Crippen molar-refractivity contribution in [2.45, 2.75) is 6.54 Å². The Morgan fingerprint density at radius 1 is 1.42 bits per heavy atom. The highest BCUT2D eigenvalue weighted by molar-refractivity contribution is 7.15. The maximum atomic E-state index is 10.6. The van der Waals surface area contributed by atoms with Crippen LogP contribution >= 0.6 is 22.9 Å². The summed E-state index contributed by atoms with van der Waals surface area (Å²) in [5, 5.41) is 14.4. The molecule has 0 aliphatic rings. The molecule has 100 valence electrons. The molecule has 1 heterocycles. The SMILES string of the molecule is COc1ccc(NCc2ccc([N+](=O)[O-])s2)cc1Cl. The predicted octanol–water partition coefficient (Wildman–Crippen LogP) is 3.93. The van der Waals surface area contributed by atoms with Crippen molar-refractivity contribution in [2.75, 3.05) is 12.4 Å². The molecule has 1 aromatic heterocycles. The molecule has 0 fully saturated rings. The number of nitrogens with zero attached hydrogens (tertiary/aromatic N) is 1. The number of ether oxygens (including phenoxy) is 1. The lowest BCUT2D eigenvalue weighted by molar-refractivity contribution is -0.380. The molecule has 0 spiro atoms. The summed E-state index contributed by atoms with van der Waals surface area (Å²) in [6.07, 6.45) is 0. The first-order valence-corrected chi connectivity index (χ1v) is 6.60. The van der Waals surface area contributed by atoms with Crippen LogP contribution in [0.3, 0.4) is 0 Å². The monoisotopic (exact) mass is 298 g/mol. The second-order valence-electron chi connectivity index (χ2n) is 3.70. The van der Waals surface area contributed by atoms with E-state index in [0.717, 1.165) is 21.9 Å². The molecule has 0 atom stereocenters. The number of benzene rings is 1. The highest BCUT2D eigenvalue weighted by atomic mass is 35.5. The Balaban J connectivity index is 2.01. The van der Waals surface area contributed by atoms with E-state index in [4.69, 9.17) is 16.3 Å². The van der Waals surface area contributed by atoms with Gasteiger partial charge in [-0.2, -0.15) is 0 Å². The van der Waals surface area contributed by atoms with Gasteiger partial charge >= 0.3 is 5.00 Å². The van der Waals surface area contributed by atoms with Gasteiger partial charge in [-0.3, -0.25) is 10.1 Å². The standard InChI is InChI=1S/C12H11ClN2O3S/c1-18-11-4-2-8(6-10(11)13)14-7-9-3-5-12(19-9)15(16)17/h2-6,14H,7H2,1H3. The molecule has 5 nitrogen and oxygen atoms in total. The molecule has 0 amide bonds. The van der Waals surface area contributed by atoms with Crippen LogP contribution in [-0.2, 0) is 6.54 Å². The minimum Gasteiger partial charge on any atom is -0.495 e. The van der Waals surface area contributed by atoms with Crippen molar-refractivity contribution in [3.8, 4) is 5.75 Å². The number of hydrogen-bond donors (Lipinski definition) is 1. The Hall–Kier alpha value is -1.79. The number of nitro groups is 1. The van der Waals surface area contributed by atoms with Gasteiger partial charge in [-0.15, -0.1) is 0 Å². The van der Waals surface area contributed by atoms with Crippen LogP contribution in [0.15, 0.2) is 30.3 Å². The van der Waals surface area contributed by atoms with Gasteiger partial charge in [0.05, 0.1) is 17.1 Å². The van der Waals surface area contributed by atoms with E-state index in [2.05, 4.69) is 5.32 Å². The molecule has 7 heteroatoms. The van der Waals surface area contributed by atoms with Crippen LogP contribution in [0.5, 0.6) is 5.75 Å². The number of methoxy groups -OCH3 is 1. The second kappa shape index (κ2) is 5.90. The zero-order valence-corrected chi connectivity index (χ0v) is 11.6. The largest absolute Gasteiger partial charge is 0.495 e. The topological polar surface area (TPSA) is 64.4 Å². The third kappa shape index (κ3) is 3.36. The zero-order chi connectivity index (χ0) is 13.8. The molecule has 2 aromatic rings. The van der Waals surface area contributed by atoms with Crippen LogP contribution in [0.4, 0.5) is 10.7 Å². The molecular formula is C12H11ClN2O3S. The number of anilines is 1. The Bertz CT molecular complexity index is 600. The highest BCUT2D eigenvalue weighted by Crippen LogP contribution is 2.28.